The van der Waals surface area contributed by atoms with Crippen LogP contribution in [0.15, 0.2) is 34.9 Å². The number of hydrogen-bond acceptors (Lipinski definition) is 3. The largest absolute Gasteiger partial charge is 0.481 e. The van der Waals surface area contributed by atoms with Crippen molar-refractivity contribution in [2.45, 2.75) is 44.2 Å². The summed E-state index contributed by atoms with van der Waals surface area (Å²) in [5.74, 6) is -0.414. The van der Waals surface area contributed by atoms with E-state index in [-0.39, 0.29) is 24.4 Å². The third-order valence-electron chi connectivity index (χ3n) is 5.28. The van der Waals surface area contributed by atoms with E-state index in [1.54, 1.807) is 6.26 Å². The maximum absolute atomic E-state index is 12.8. The number of benzene rings is 1. The average molecular weight is 313 g/mol. The number of aliphatic carboxylic acids is 1. The fourth-order valence-corrected chi connectivity index (χ4v) is 4.32. The number of carbonyl (C=O) groups excluding carboxylic acids is 1. The molecule has 4 rings (SSSR count). The number of rotatable bonds is 4. The Kier molecular flexibility index (Phi) is 3.36. The van der Waals surface area contributed by atoms with Gasteiger partial charge in [-0.05, 0) is 48.9 Å². The van der Waals surface area contributed by atoms with Crippen LogP contribution in [0.2, 0.25) is 0 Å². The molecule has 0 unspecified atom stereocenters. The van der Waals surface area contributed by atoms with Crippen molar-refractivity contribution >= 4 is 22.8 Å². The van der Waals surface area contributed by atoms with Crippen LogP contribution in [0.5, 0.6) is 0 Å². The lowest BCUT2D eigenvalue weighted by Gasteiger charge is -2.34. The highest BCUT2D eigenvalue weighted by Crippen LogP contribution is 2.43. The summed E-state index contributed by atoms with van der Waals surface area (Å²) in [6.07, 6.45) is 5.04. The fraction of sp³-hybridized carbons (Fsp3) is 0.444. The molecular weight excluding hydrogens is 294 g/mol. The zero-order valence-electron chi connectivity index (χ0n) is 12.8. The van der Waals surface area contributed by atoms with Crippen molar-refractivity contribution in [3.8, 4) is 0 Å². The summed E-state index contributed by atoms with van der Waals surface area (Å²) in [5, 5.41) is 10.1. The molecule has 1 aromatic carbocycles. The molecule has 1 saturated heterocycles. The molecule has 1 aliphatic carbocycles. The molecule has 23 heavy (non-hydrogen) atoms. The first kappa shape index (κ1) is 14.3. The molecule has 1 aliphatic heterocycles. The third kappa shape index (κ3) is 2.50. The number of carbonyl (C=O) groups is 2. The molecule has 2 bridgehead atoms. The van der Waals surface area contributed by atoms with Crippen molar-refractivity contribution in [3.05, 3.63) is 36.1 Å². The van der Waals surface area contributed by atoms with Gasteiger partial charge in [-0.3, -0.25) is 9.59 Å². The van der Waals surface area contributed by atoms with E-state index in [1.165, 1.54) is 0 Å². The van der Waals surface area contributed by atoms with E-state index in [1.807, 2.05) is 29.2 Å². The Morgan fingerprint density at radius 2 is 2.13 bits per heavy atom. The maximum atomic E-state index is 12.8. The minimum atomic E-state index is -0.819. The maximum Gasteiger partial charge on any atom is 0.305 e. The Morgan fingerprint density at radius 1 is 1.26 bits per heavy atom. The molecule has 2 aliphatic rings. The molecule has 5 nitrogen and oxygen atoms in total. The second-order valence-electron chi connectivity index (χ2n) is 6.66. The van der Waals surface area contributed by atoms with E-state index in [2.05, 4.69) is 0 Å². The number of nitrogens with zero attached hydrogens (tertiary/aromatic N) is 1. The van der Waals surface area contributed by atoms with E-state index in [9.17, 15) is 9.59 Å². The van der Waals surface area contributed by atoms with Crippen molar-refractivity contribution < 1.29 is 19.1 Å². The van der Waals surface area contributed by atoms with Gasteiger partial charge >= 0.3 is 5.97 Å². The third-order valence-corrected chi connectivity index (χ3v) is 5.28. The average Bonchev–Trinajstić information content (AvgIpc) is 3.21. The second kappa shape index (κ2) is 5.41. The fourth-order valence-electron chi connectivity index (χ4n) is 4.32. The predicted octanol–water partition coefficient (Wildman–Crippen LogP) is 2.83. The molecule has 1 saturated carbocycles. The van der Waals surface area contributed by atoms with Gasteiger partial charge in [-0.15, -0.1) is 0 Å². The molecule has 0 radical (unpaired) electrons. The van der Waals surface area contributed by atoms with Crippen molar-refractivity contribution in [2.24, 2.45) is 5.92 Å². The Hall–Kier alpha value is -2.30. The molecule has 2 heterocycles. The number of likely N-dealkylation sites (tertiary alicyclic amines) is 1. The normalized spacial score (nSPS) is 26.1. The van der Waals surface area contributed by atoms with Gasteiger partial charge in [0, 0.05) is 17.5 Å². The van der Waals surface area contributed by atoms with E-state index >= 15 is 0 Å². The van der Waals surface area contributed by atoms with Crippen LogP contribution in [-0.4, -0.2) is 34.0 Å². The van der Waals surface area contributed by atoms with Crippen LogP contribution in [0.1, 0.15) is 31.2 Å². The minimum absolute atomic E-state index is 0.0475. The van der Waals surface area contributed by atoms with Gasteiger partial charge in [-0.2, -0.15) is 0 Å². The molecular formula is C18H19NO4. The molecule has 2 aromatic rings. The quantitative estimate of drug-likeness (QED) is 0.942. The number of carboxylic acids is 1. The number of fused-ring (bicyclic) bond motifs is 3. The molecule has 120 valence electrons. The van der Waals surface area contributed by atoms with Crippen LogP contribution in [0, 0.1) is 5.92 Å². The first-order valence-corrected chi connectivity index (χ1v) is 8.11. The summed E-state index contributed by atoms with van der Waals surface area (Å²) in [5.41, 5.74) is 1.76. The van der Waals surface area contributed by atoms with Gasteiger partial charge in [0.2, 0.25) is 5.91 Å². The van der Waals surface area contributed by atoms with Gasteiger partial charge in [0.1, 0.15) is 5.58 Å². The van der Waals surface area contributed by atoms with Gasteiger partial charge < -0.3 is 14.4 Å². The topological polar surface area (TPSA) is 70.8 Å². The van der Waals surface area contributed by atoms with Crippen LogP contribution in [0.4, 0.5) is 0 Å². The molecule has 1 N–H and O–H groups in total. The lowest BCUT2D eigenvalue weighted by atomic mass is 9.95. The number of amides is 1. The molecule has 2 fully saturated rings. The van der Waals surface area contributed by atoms with Gasteiger partial charge in [-0.25, -0.2) is 0 Å². The lowest BCUT2D eigenvalue weighted by Crippen LogP contribution is -2.46. The summed E-state index contributed by atoms with van der Waals surface area (Å²) < 4.78 is 5.32. The highest BCUT2D eigenvalue weighted by atomic mass is 16.4. The summed E-state index contributed by atoms with van der Waals surface area (Å²) >= 11 is 0. The van der Waals surface area contributed by atoms with Gasteiger partial charge in [0.25, 0.3) is 0 Å². The van der Waals surface area contributed by atoms with E-state index in [0.29, 0.717) is 12.3 Å². The summed E-state index contributed by atoms with van der Waals surface area (Å²) in [7, 11) is 0. The zero-order chi connectivity index (χ0) is 16.0. The Balaban J connectivity index is 1.54. The number of carboxylic acid groups (broad SMARTS) is 1. The summed E-state index contributed by atoms with van der Waals surface area (Å²) in [4.78, 5) is 25.8. The van der Waals surface area contributed by atoms with Crippen LogP contribution < -0.4 is 0 Å². The lowest BCUT2D eigenvalue weighted by molar-refractivity contribution is -0.141. The van der Waals surface area contributed by atoms with Gasteiger partial charge in [0.05, 0.1) is 19.1 Å². The smallest absolute Gasteiger partial charge is 0.305 e. The molecule has 1 aromatic heterocycles. The van der Waals surface area contributed by atoms with Gasteiger partial charge in [-0.1, -0.05) is 6.07 Å². The summed E-state index contributed by atoms with van der Waals surface area (Å²) in [6.45, 7) is 0. The van der Waals surface area contributed by atoms with Crippen molar-refractivity contribution in [1.29, 1.82) is 0 Å². The number of furan rings is 1. The first-order chi connectivity index (χ1) is 11.1. The van der Waals surface area contributed by atoms with Crippen molar-refractivity contribution in [3.63, 3.8) is 0 Å². The van der Waals surface area contributed by atoms with Crippen LogP contribution in [0.3, 0.4) is 0 Å². The predicted molar refractivity (Wildman–Crippen MR) is 83.9 cm³/mol. The molecule has 5 heteroatoms. The minimum Gasteiger partial charge on any atom is -0.481 e. The first-order valence-electron chi connectivity index (χ1n) is 8.11. The zero-order valence-corrected chi connectivity index (χ0v) is 12.8. The Bertz CT molecular complexity index is 765. The monoisotopic (exact) mass is 313 g/mol. The second-order valence-corrected chi connectivity index (χ2v) is 6.66. The highest BCUT2D eigenvalue weighted by molar-refractivity contribution is 5.83. The molecule has 0 spiro atoms. The van der Waals surface area contributed by atoms with Gasteiger partial charge in [0.15, 0.2) is 0 Å². The summed E-state index contributed by atoms with van der Waals surface area (Å²) in [6, 6.07) is 7.74. The standard InChI is InChI=1S/C18H19NO4/c20-17(8-11-1-4-16-13(7-11)5-6-23-16)19-14-3-2-12(9-14)15(19)10-18(21)22/h1,4-7,12,14-15H,2-3,8-10H2,(H,21,22)/t12-,14+,15+/m0/s1. The number of piperidine rings is 1. The molecule has 1 amide bonds. The van der Waals surface area contributed by atoms with Crippen LogP contribution in [0.25, 0.3) is 11.0 Å². The Labute approximate surface area is 133 Å². The van der Waals surface area contributed by atoms with E-state index in [4.69, 9.17) is 9.52 Å². The SMILES string of the molecule is O=C(O)C[C@@H]1[C@H]2CC[C@H](C2)N1C(=O)Cc1ccc2occc2c1. The Morgan fingerprint density at radius 3 is 2.96 bits per heavy atom. The van der Waals surface area contributed by atoms with Crippen molar-refractivity contribution in [1.82, 2.24) is 4.90 Å². The highest BCUT2D eigenvalue weighted by Gasteiger charge is 2.48. The van der Waals surface area contributed by atoms with Crippen molar-refractivity contribution in [2.75, 3.05) is 0 Å². The van der Waals surface area contributed by atoms with E-state index in [0.717, 1.165) is 35.8 Å². The van der Waals surface area contributed by atoms with Crippen LogP contribution in [-0.2, 0) is 16.0 Å². The van der Waals surface area contributed by atoms with Crippen LogP contribution >= 0.6 is 0 Å². The number of hydrogen-bond donors (Lipinski definition) is 1. The van der Waals surface area contributed by atoms with E-state index < -0.39 is 5.97 Å². The molecule has 3 atom stereocenters.